The van der Waals surface area contributed by atoms with Crippen LogP contribution in [0.2, 0.25) is 0 Å². The molecular weight excluding hydrogens is 395 g/mol. The van der Waals surface area contributed by atoms with E-state index in [1.807, 2.05) is 0 Å². The fraction of sp³-hybridized carbons (Fsp3) is 0.933. The number of ether oxygens (including phenoxy) is 2. The highest BCUT2D eigenvalue weighted by molar-refractivity contribution is 14.0. The number of hydrogen-bond acceptors (Lipinski definition) is 4. The third-order valence-corrected chi connectivity index (χ3v) is 4.56. The van der Waals surface area contributed by atoms with Gasteiger partial charge in [-0.25, -0.2) is 0 Å². The molecule has 0 aliphatic carbocycles. The van der Waals surface area contributed by atoms with Gasteiger partial charge in [-0.2, -0.15) is 0 Å². The lowest BCUT2D eigenvalue weighted by Crippen LogP contribution is -2.47. The zero-order valence-electron chi connectivity index (χ0n) is 13.4. The summed E-state index contributed by atoms with van der Waals surface area (Å²) in [5.41, 5.74) is 0. The molecule has 0 spiro atoms. The Morgan fingerprint density at radius 2 is 2.09 bits per heavy atom. The summed E-state index contributed by atoms with van der Waals surface area (Å²) in [5, 5.41) is 6.90. The molecule has 3 heterocycles. The van der Waals surface area contributed by atoms with Crippen LogP contribution in [0.4, 0.5) is 0 Å². The molecule has 0 radical (unpaired) electrons. The minimum atomic E-state index is 0. The zero-order chi connectivity index (χ0) is 14.5. The van der Waals surface area contributed by atoms with Crippen molar-refractivity contribution in [3.63, 3.8) is 0 Å². The fourth-order valence-electron chi connectivity index (χ4n) is 3.41. The number of fused-ring (bicyclic) bond motifs is 2. The SMILES string of the molecule is CCNC(=NCCN1CCOCC1)NC1CC2CCC1O2.I. The van der Waals surface area contributed by atoms with Gasteiger partial charge in [0.2, 0.25) is 0 Å². The number of aliphatic imine (C=N–C) groups is 1. The van der Waals surface area contributed by atoms with Gasteiger partial charge >= 0.3 is 0 Å². The molecule has 7 heteroatoms. The zero-order valence-corrected chi connectivity index (χ0v) is 15.8. The topological polar surface area (TPSA) is 58.1 Å². The first-order chi connectivity index (χ1) is 10.3. The van der Waals surface area contributed by atoms with Crippen LogP contribution >= 0.6 is 24.0 Å². The van der Waals surface area contributed by atoms with Gasteiger partial charge in [0.25, 0.3) is 0 Å². The van der Waals surface area contributed by atoms with E-state index in [1.165, 1.54) is 12.8 Å². The van der Waals surface area contributed by atoms with Crippen molar-refractivity contribution in [2.75, 3.05) is 45.9 Å². The van der Waals surface area contributed by atoms with E-state index >= 15 is 0 Å². The highest BCUT2D eigenvalue weighted by atomic mass is 127. The first-order valence-corrected chi connectivity index (χ1v) is 8.35. The van der Waals surface area contributed by atoms with E-state index in [2.05, 4.69) is 22.5 Å². The van der Waals surface area contributed by atoms with Gasteiger partial charge in [-0.3, -0.25) is 9.89 Å². The maximum absolute atomic E-state index is 5.90. The molecule has 0 amide bonds. The highest BCUT2D eigenvalue weighted by Gasteiger charge is 2.41. The van der Waals surface area contributed by atoms with Gasteiger partial charge in [0.1, 0.15) is 0 Å². The number of morpholine rings is 1. The van der Waals surface area contributed by atoms with Crippen molar-refractivity contribution in [2.24, 2.45) is 4.99 Å². The average molecular weight is 424 g/mol. The first kappa shape index (κ1) is 18.2. The predicted molar refractivity (Wildman–Crippen MR) is 98.1 cm³/mol. The summed E-state index contributed by atoms with van der Waals surface area (Å²) >= 11 is 0. The fourth-order valence-corrected chi connectivity index (χ4v) is 3.41. The Kier molecular flexibility index (Phi) is 7.66. The predicted octanol–water partition coefficient (Wildman–Crippen LogP) is 0.812. The third kappa shape index (κ3) is 4.94. The molecule has 3 atom stereocenters. The molecule has 3 rings (SSSR count). The van der Waals surface area contributed by atoms with Crippen LogP contribution < -0.4 is 10.6 Å². The molecule has 2 N–H and O–H groups in total. The van der Waals surface area contributed by atoms with Gasteiger partial charge in [0.05, 0.1) is 38.0 Å². The van der Waals surface area contributed by atoms with E-state index in [1.54, 1.807) is 0 Å². The van der Waals surface area contributed by atoms with Crippen molar-refractivity contribution in [1.82, 2.24) is 15.5 Å². The maximum Gasteiger partial charge on any atom is 0.191 e. The van der Waals surface area contributed by atoms with Gasteiger partial charge in [0, 0.05) is 26.2 Å². The molecule has 3 aliphatic heterocycles. The van der Waals surface area contributed by atoms with Crippen molar-refractivity contribution in [2.45, 2.75) is 44.4 Å². The molecule has 3 aliphatic rings. The van der Waals surface area contributed by atoms with Gasteiger partial charge in [-0.05, 0) is 26.2 Å². The molecular formula is C15H29IN4O2. The standard InChI is InChI=1S/C15H28N4O2.HI/c1-2-16-15(17-5-6-19-7-9-20-10-8-19)18-13-11-12-3-4-14(13)21-12;/h12-14H,2-11H2,1H3,(H2,16,17,18);1H. The van der Waals surface area contributed by atoms with Crippen molar-refractivity contribution in [1.29, 1.82) is 0 Å². The number of rotatable bonds is 5. The number of halogens is 1. The number of hydrogen-bond donors (Lipinski definition) is 2. The monoisotopic (exact) mass is 424 g/mol. The van der Waals surface area contributed by atoms with E-state index in [0.29, 0.717) is 18.2 Å². The molecule has 0 aromatic rings. The number of nitrogens with zero attached hydrogens (tertiary/aromatic N) is 2. The highest BCUT2D eigenvalue weighted by Crippen LogP contribution is 2.34. The lowest BCUT2D eigenvalue weighted by Gasteiger charge is -2.26. The van der Waals surface area contributed by atoms with Crippen LogP contribution in [-0.4, -0.2) is 75.0 Å². The molecule has 6 nitrogen and oxygen atoms in total. The summed E-state index contributed by atoms with van der Waals surface area (Å²) in [6.07, 6.45) is 4.41. The van der Waals surface area contributed by atoms with Crippen molar-refractivity contribution in [3.05, 3.63) is 0 Å². The van der Waals surface area contributed by atoms with Crippen LogP contribution in [-0.2, 0) is 9.47 Å². The van der Waals surface area contributed by atoms with Crippen LogP contribution in [0, 0.1) is 0 Å². The van der Waals surface area contributed by atoms with Crippen LogP contribution in [0.5, 0.6) is 0 Å². The average Bonchev–Trinajstić information content (AvgIpc) is 3.11. The van der Waals surface area contributed by atoms with E-state index in [-0.39, 0.29) is 24.0 Å². The Morgan fingerprint density at radius 1 is 1.27 bits per heavy atom. The molecule has 128 valence electrons. The van der Waals surface area contributed by atoms with Gasteiger partial charge < -0.3 is 20.1 Å². The van der Waals surface area contributed by atoms with Crippen LogP contribution in [0.25, 0.3) is 0 Å². The molecule has 3 fully saturated rings. The largest absolute Gasteiger partial charge is 0.379 e. The first-order valence-electron chi connectivity index (χ1n) is 8.35. The second kappa shape index (κ2) is 9.24. The molecule has 0 saturated carbocycles. The summed E-state index contributed by atoms with van der Waals surface area (Å²) < 4.78 is 11.3. The second-order valence-corrected chi connectivity index (χ2v) is 6.08. The Labute approximate surface area is 150 Å². The van der Waals surface area contributed by atoms with E-state index < -0.39 is 0 Å². The summed E-state index contributed by atoms with van der Waals surface area (Å²) in [4.78, 5) is 7.12. The second-order valence-electron chi connectivity index (χ2n) is 6.08. The van der Waals surface area contributed by atoms with Crippen LogP contribution in [0.15, 0.2) is 4.99 Å². The molecule has 3 saturated heterocycles. The third-order valence-electron chi connectivity index (χ3n) is 4.56. The van der Waals surface area contributed by atoms with Crippen LogP contribution in [0.1, 0.15) is 26.2 Å². The Morgan fingerprint density at radius 3 is 2.73 bits per heavy atom. The maximum atomic E-state index is 5.90. The van der Waals surface area contributed by atoms with Crippen molar-refractivity contribution in [3.8, 4) is 0 Å². The van der Waals surface area contributed by atoms with E-state index in [9.17, 15) is 0 Å². The van der Waals surface area contributed by atoms with Gasteiger partial charge in [0.15, 0.2) is 5.96 Å². The Hall–Kier alpha value is -0.120. The summed E-state index contributed by atoms with van der Waals surface area (Å²) in [6, 6.07) is 0.435. The number of guanidine groups is 1. The van der Waals surface area contributed by atoms with Gasteiger partial charge in [-0.15, -0.1) is 24.0 Å². The molecule has 0 aromatic carbocycles. The minimum Gasteiger partial charge on any atom is -0.379 e. The van der Waals surface area contributed by atoms with E-state index in [4.69, 9.17) is 14.5 Å². The molecule has 0 aromatic heterocycles. The summed E-state index contributed by atoms with van der Waals surface area (Å²) in [7, 11) is 0. The Bertz CT molecular complexity index is 363. The Balaban J connectivity index is 0.00000176. The van der Waals surface area contributed by atoms with Crippen molar-refractivity contribution < 1.29 is 9.47 Å². The van der Waals surface area contributed by atoms with Crippen LogP contribution in [0.3, 0.4) is 0 Å². The molecule has 22 heavy (non-hydrogen) atoms. The lowest BCUT2D eigenvalue weighted by atomic mass is 9.96. The lowest BCUT2D eigenvalue weighted by molar-refractivity contribution is 0.0394. The van der Waals surface area contributed by atoms with E-state index in [0.717, 1.165) is 58.3 Å². The smallest absolute Gasteiger partial charge is 0.191 e. The number of nitrogens with one attached hydrogen (secondary N) is 2. The molecule has 2 bridgehead atoms. The summed E-state index contributed by atoms with van der Waals surface area (Å²) in [5.74, 6) is 0.937. The molecule has 3 unspecified atom stereocenters. The normalized spacial score (nSPS) is 31.9. The minimum absolute atomic E-state index is 0. The van der Waals surface area contributed by atoms with Crippen molar-refractivity contribution >= 4 is 29.9 Å². The van der Waals surface area contributed by atoms with Gasteiger partial charge in [-0.1, -0.05) is 0 Å². The quantitative estimate of drug-likeness (QED) is 0.389. The summed E-state index contributed by atoms with van der Waals surface area (Å²) in [6.45, 7) is 8.60.